The van der Waals surface area contributed by atoms with Gasteiger partial charge >= 0.3 is 5.97 Å². The third-order valence-electron chi connectivity index (χ3n) is 4.31. The first kappa shape index (κ1) is 18.9. The van der Waals surface area contributed by atoms with E-state index in [0.717, 1.165) is 22.0 Å². The lowest BCUT2D eigenvalue weighted by atomic mass is 10.2. The summed E-state index contributed by atoms with van der Waals surface area (Å²) in [4.78, 5) is 25.2. The normalized spacial score (nSPS) is 11.8. The number of nitrogens with zero attached hydrogens (tertiary/aromatic N) is 1. The zero-order chi connectivity index (χ0) is 19.4. The first-order valence-corrected chi connectivity index (χ1v) is 9.59. The maximum Gasteiger partial charge on any atom is 0.338 e. The van der Waals surface area contributed by atoms with Gasteiger partial charge in [-0.3, -0.25) is 4.79 Å². The van der Waals surface area contributed by atoms with Crippen molar-refractivity contribution in [1.82, 2.24) is 9.88 Å². The number of hydrogen-bond donors (Lipinski definition) is 1. The summed E-state index contributed by atoms with van der Waals surface area (Å²) in [7, 11) is 0. The highest BCUT2D eigenvalue weighted by Crippen LogP contribution is 2.18. The SMILES string of the molecule is Cc1ccc(C)n1-c1ccc(C(=O)OCC(=O)NC(C)c2cccs2)cc1. The highest BCUT2D eigenvalue weighted by atomic mass is 32.1. The minimum Gasteiger partial charge on any atom is -0.452 e. The van der Waals surface area contributed by atoms with Crippen LogP contribution in [-0.2, 0) is 9.53 Å². The standard InChI is InChI=1S/C21H22N2O3S/c1-14-6-7-15(2)23(14)18-10-8-17(9-11-18)21(25)26-13-20(24)22-16(3)19-5-4-12-27-19/h4-12,16H,13H2,1-3H3,(H,22,24). The molecule has 1 N–H and O–H groups in total. The zero-order valence-electron chi connectivity index (χ0n) is 15.6. The van der Waals surface area contributed by atoms with Gasteiger partial charge in [0.25, 0.3) is 5.91 Å². The van der Waals surface area contributed by atoms with Gasteiger partial charge in [0.15, 0.2) is 6.61 Å². The van der Waals surface area contributed by atoms with Crippen LogP contribution in [0.5, 0.6) is 0 Å². The van der Waals surface area contributed by atoms with Crippen LogP contribution in [0.25, 0.3) is 5.69 Å². The Labute approximate surface area is 162 Å². The van der Waals surface area contributed by atoms with Crippen LogP contribution in [0, 0.1) is 13.8 Å². The first-order valence-electron chi connectivity index (χ1n) is 8.71. The van der Waals surface area contributed by atoms with Crippen LogP contribution in [0.1, 0.15) is 39.6 Å². The van der Waals surface area contributed by atoms with Crippen LogP contribution in [0.3, 0.4) is 0 Å². The fourth-order valence-corrected chi connectivity index (χ4v) is 3.66. The summed E-state index contributed by atoms with van der Waals surface area (Å²) in [5, 5.41) is 4.78. The third-order valence-corrected chi connectivity index (χ3v) is 5.37. The molecule has 1 unspecified atom stereocenters. The van der Waals surface area contributed by atoms with Gasteiger partial charge in [-0.05, 0) is 68.6 Å². The van der Waals surface area contributed by atoms with Crippen LogP contribution >= 0.6 is 11.3 Å². The Morgan fingerprint density at radius 3 is 2.33 bits per heavy atom. The number of esters is 1. The number of nitrogens with one attached hydrogen (secondary N) is 1. The second-order valence-electron chi connectivity index (χ2n) is 6.38. The lowest BCUT2D eigenvalue weighted by molar-refractivity contribution is -0.124. The smallest absolute Gasteiger partial charge is 0.338 e. The molecular weight excluding hydrogens is 360 g/mol. The number of ether oxygens (including phenoxy) is 1. The summed E-state index contributed by atoms with van der Waals surface area (Å²) in [6.45, 7) is 5.66. The van der Waals surface area contributed by atoms with Crippen molar-refractivity contribution in [1.29, 1.82) is 0 Å². The second kappa shape index (κ2) is 8.22. The molecule has 3 aromatic rings. The van der Waals surface area contributed by atoms with Crippen molar-refractivity contribution in [2.45, 2.75) is 26.8 Å². The molecule has 0 aliphatic heterocycles. The van der Waals surface area contributed by atoms with Crippen molar-refractivity contribution in [3.05, 3.63) is 75.7 Å². The van der Waals surface area contributed by atoms with E-state index in [1.165, 1.54) is 0 Å². The number of amides is 1. The van der Waals surface area contributed by atoms with Gasteiger partial charge < -0.3 is 14.6 Å². The molecule has 0 saturated heterocycles. The highest BCUT2D eigenvalue weighted by molar-refractivity contribution is 7.10. The molecule has 1 aromatic carbocycles. The monoisotopic (exact) mass is 382 g/mol. The summed E-state index contributed by atoms with van der Waals surface area (Å²) in [5.74, 6) is -0.833. The number of carbonyl (C=O) groups excluding carboxylic acids is 2. The molecule has 0 aliphatic rings. The molecule has 5 nitrogen and oxygen atoms in total. The van der Waals surface area contributed by atoms with Gasteiger partial charge in [-0.1, -0.05) is 6.07 Å². The topological polar surface area (TPSA) is 60.3 Å². The number of aryl methyl sites for hydroxylation is 2. The molecule has 1 amide bonds. The molecule has 1 atom stereocenters. The first-order chi connectivity index (χ1) is 13.0. The fourth-order valence-electron chi connectivity index (χ4n) is 2.93. The Morgan fingerprint density at radius 2 is 1.74 bits per heavy atom. The van der Waals surface area contributed by atoms with E-state index in [1.807, 2.05) is 62.5 Å². The van der Waals surface area contributed by atoms with Crippen LogP contribution in [-0.4, -0.2) is 23.1 Å². The van der Waals surface area contributed by atoms with E-state index in [1.54, 1.807) is 23.5 Å². The Balaban J connectivity index is 1.56. The average molecular weight is 382 g/mol. The molecule has 2 heterocycles. The van der Waals surface area contributed by atoms with Gasteiger partial charge in [-0.15, -0.1) is 11.3 Å². The molecule has 6 heteroatoms. The van der Waals surface area contributed by atoms with Gasteiger partial charge in [0, 0.05) is 22.0 Å². The average Bonchev–Trinajstić information content (AvgIpc) is 3.30. The molecule has 0 fully saturated rings. The molecule has 0 bridgehead atoms. The Hall–Kier alpha value is -2.86. The summed E-state index contributed by atoms with van der Waals surface area (Å²) in [6, 6.07) is 15.0. The van der Waals surface area contributed by atoms with Crippen molar-refractivity contribution in [3.63, 3.8) is 0 Å². The van der Waals surface area contributed by atoms with Crippen LogP contribution < -0.4 is 5.32 Å². The molecule has 0 radical (unpaired) electrons. The number of benzene rings is 1. The maximum atomic E-state index is 12.2. The maximum absolute atomic E-state index is 12.2. The predicted octanol–water partition coefficient (Wildman–Crippen LogP) is 4.19. The number of carbonyl (C=O) groups is 2. The van der Waals surface area contributed by atoms with E-state index in [-0.39, 0.29) is 18.6 Å². The van der Waals surface area contributed by atoms with Crippen molar-refractivity contribution >= 4 is 23.2 Å². The van der Waals surface area contributed by atoms with E-state index in [9.17, 15) is 9.59 Å². The van der Waals surface area contributed by atoms with Crippen molar-refractivity contribution in [2.24, 2.45) is 0 Å². The summed E-state index contributed by atoms with van der Waals surface area (Å²) in [5.41, 5.74) is 3.65. The predicted molar refractivity (Wildman–Crippen MR) is 106 cm³/mol. The lowest BCUT2D eigenvalue weighted by Gasteiger charge is -2.13. The van der Waals surface area contributed by atoms with Gasteiger partial charge in [0.2, 0.25) is 0 Å². The highest BCUT2D eigenvalue weighted by Gasteiger charge is 2.14. The second-order valence-corrected chi connectivity index (χ2v) is 7.36. The summed E-state index contributed by atoms with van der Waals surface area (Å²) < 4.78 is 7.24. The molecule has 0 aliphatic carbocycles. The zero-order valence-corrected chi connectivity index (χ0v) is 16.4. The molecule has 3 rings (SSSR count). The minimum atomic E-state index is -0.513. The van der Waals surface area contributed by atoms with Crippen molar-refractivity contribution in [2.75, 3.05) is 6.61 Å². The van der Waals surface area contributed by atoms with E-state index in [2.05, 4.69) is 9.88 Å². The molecule has 27 heavy (non-hydrogen) atoms. The van der Waals surface area contributed by atoms with E-state index < -0.39 is 5.97 Å². The largest absolute Gasteiger partial charge is 0.452 e. The van der Waals surface area contributed by atoms with Gasteiger partial charge in [0.1, 0.15) is 0 Å². The molecule has 0 saturated carbocycles. The van der Waals surface area contributed by atoms with Crippen LogP contribution in [0.4, 0.5) is 0 Å². The van der Waals surface area contributed by atoms with E-state index >= 15 is 0 Å². The summed E-state index contributed by atoms with van der Waals surface area (Å²) in [6.07, 6.45) is 0. The lowest BCUT2D eigenvalue weighted by Crippen LogP contribution is -2.30. The van der Waals surface area contributed by atoms with Gasteiger partial charge in [-0.25, -0.2) is 4.79 Å². The molecule has 2 aromatic heterocycles. The number of aromatic nitrogens is 1. The fraction of sp³-hybridized carbons (Fsp3) is 0.238. The van der Waals surface area contributed by atoms with Gasteiger partial charge in [0.05, 0.1) is 11.6 Å². The van der Waals surface area contributed by atoms with Gasteiger partial charge in [-0.2, -0.15) is 0 Å². The molecule has 0 spiro atoms. The van der Waals surface area contributed by atoms with Crippen molar-refractivity contribution in [3.8, 4) is 5.69 Å². The number of hydrogen-bond acceptors (Lipinski definition) is 4. The van der Waals surface area contributed by atoms with Crippen LogP contribution in [0.2, 0.25) is 0 Å². The quantitative estimate of drug-likeness (QED) is 0.650. The minimum absolute atomic E-state index is 0.108. The number of thiophene rings is 1. The third kappa shape index (κ3) is 4.46. The Bertz CT molecular complexity index is 908. The summed E-state index contributed by atoms with van der Waals surface area (Å²) >= 11 is 1.57. The van der Waals surface area contributed by atoms with Crippen molar-refractivity contribution < 1.29 is 14.3 Å². The van der Waals surface area contributed by atoms with E-state index in [4.69, 9.17) is 4.74 Å². The van der Waals surface area contributed by atoms with Crippen LogP contribution in [0.15, 0.2) is 53.9 Å². The number of rotatable bonds is 6. The Morgan fingerprint density at radius 1 is 1.07 bits per heavy atom. The molecular formula is C21H22N2O3S. The molecule has 140 valence electrons. The van der Waals surface area contributed by atoms with E-state index in [0.29, 0.717) is 5.56 Å². The Kier molecular flexibility index (Phi) is 5.76.